The predicted octanol–water partition coefficient (Wildman–Crippen LogP) is 4.95. The van der Waals surface area contributed by atoms with Crippen LogP contribution in [0.2, 0.25) is 0 Å². The number of Topliss-reactive ketones (excluding diaryl/α,β-unsaturated/α-hetero) is 1. The Morgan fingerprint density at radius 3 is 2.37 bits per heavy atom. The maximum Gasteiger partial charge on any atom is 0.295 e. The van der Waals surface area contributed by atoms with Crippen LogP contribution in [0.3, 0.4) is 0 Å². The molecule has 1 saturated heterocycles. The first-order valence-electron chi connectivity index (χ1n) is 11.4. The van der Waals surface area contributed by atoms with Crippen LogP contribution in [0.4, 0.5) is 0 Å². The molecule has 4 rings (SSSR count). The second kappa shape index (κ2) is 10.9. The Kier molecular flexibility index (Phi) is 7.48. The van der Waals surface area contributed by atoms with Crippen LogP contribution in [0.25, 0.3) is 5.76 Å². The topological polar surface area (TPSA) is 85.3 Å². The lowest BCUT2D eigenvalue weighted by Gasteiger charge is -2.25. The second-order valence-corrected chi connectivity index (χ2v) is 7.93. The molecule has 1 amide bonds. The molecule has 180 valence electrons. The summed E-state index contributed by atoms with van der Waals surface area (Å²) in [5.41, 5.74) is 1.04. The molecule has 0 bridgehead atoms. The molecular weight excluding hydrogens is 446 g/mol. The highest BCUT2D eigenvalue weighted by atomic mass is 16.5. The van der Waals surface area contributed by atoms with Gasteiger partial charge in [-0.15, -0.1) is 0 Å². The molecular formula is C28H27NO6. The number of methoxy groups -OCH3 is 1. The van der Waals surface area contributed by atoms with Gasteiger partial charge in [-0.25, -0.2) is 0 Å². The normalized spacial score (nSPS) is 17.0. The van der Waals surface area contributed by atoms with Crippen LogP contribution >= 0.6 is 0 Å². The lowest BCUT2D eigenvalue weighted by molar-refractivity contribution is -0.140. The highest BCUT2D eigenvalue weighted by Crippen LogP contribution is 2.40. The van der Waals surface area contributed by atoms with E-state index in [1.807, 2.05) is 37.3 Å². The number of para-hydroxylation sites is 1. The second-order valence-electron chi connectivity index (χ2n) is 7.93. The molecule has 1 aliphatic rings. The zero-order chi connectivity index (χ0) is 24.8. The minimum atomic E-state index is -0.805. The average molecular weight is 474 g/mol. The molecule has 1 aliphatic heterocycles. The minimum Gasteiger partial charge on any atom is -0.507 e. The SMILES string of the molecule is CCOc1cccc(/C(O)=C2\C(=O)C(=O)N(CCOC)C2c2cccc(Oc3ccccc3)c2)c1. The van der Waals surface area contributed by atoms with Crippen LogP contribution in [0.1, 0.15) is 24.1 Å². The van der Waals surface area contributed by atoms with Gasteiger partial charge >= 0.3 is 0 Å². The van der Waals surface area contributed by atoms with E-state index in [-0.39, 0.29) is 24.5 Å². The standard InChI is InChI=1S/C28H27NO6/c1-3-34-22-13-8-10-20(18-22)26(30)24-25(29(15-16-33-2)28(32)27(24)31)19-9-7-14-23(17-19)35-21-11-5-4-6-12-21/h4-14,17-18,25,30H,3,15-16H2,1-2H3/b26-24+. The van der Waals surface area contributed by atoms with Crippen molar-refractivity contribution in [3.05, 3.63) is 95.6 Å². The van der Waals surface area contributed by atoms with Crippen molar-refractivity contribution < 1.29 is 28.9 Å². The number of ether oxygens (including phenoxy) is 3. The molecule has 35 heavy (non-hydrogen) atoms. The highest BCUT2D eigenvalue weighted by Gasteiger charge is 2.46. The van der Waals surface area contributed by atoms with E-state index >= 15 is 0 Å². The molecule has 3 aromatic carbocycles. The third-order valence-corrected chi connectivity index (χ3v) is 5.65. The molecule has 1 heterocycles. The number of aliphatic hydroxyl groups excluding tert-OH is 1. The maximum absolute atomic E-state index is 13.2. The molecule has 7 heteroatoms. The van der Waals surface area contributed by atoms with E-state index in [4.69, 9.17) is 14.2 Å². The van der Waals surface area contributed by atoms with Gasteiger partial charge in [0.05, 0.1) is 24.8 Å². The molecule has 1 atom stereocenters. The largest absolute Gasteiger partial charge is 0.507 e. The van der Waals surface area contributed by atoms with Gasteiger partial charge in [-0.1, -0.05) is 42.5 Å². The molecule has 7 nitrogen and oxygen atoms in total. The molecule has 0 saturated carbocycles. The fourth-order valence-corrected chi connectivity index (χ4v) is 4.07. The Hall–Kier alpha value is -4.10. The van der Waals surface area contributed by atoms with E-state index in [0.29, 0.717) is 35.0 Å². The summed E-state index contributed by atoms with van der Waals surface area (Å²) in [6, 6.07) is 22.5. The van der Waals surface area contributed by atoms with Gasteiger partial charge in [0.15, 0.2) is 0 Å². The zero-order valence-corrected chi connectivity index (χ0v) is 19.6. The van der Waals surface area contributed by atoms with Crippen molar-refractivity contribution in [3.63, 3.8) is 0 Å². The van der Waals surface area contributed by atoms with Crippen molar-refractivity contribution in [1.29, 1.82) is 0 Å². The van der Waals surface area contributed by atoms with Crippen molar-refractivity contribution in [2.45, 2.75) is 13.0 Å². The minimum absolute atomic E-state index is 0.0108. The molecule has 1 unspecified atom stereocenters. The zero-order valence-electron chi connectivity index (χ0n) is 19.6. The fourth-order valence-electron chi connectivity index (χ4n) is 4.07. The van der Waals surface area contributed by atoms with Crippen LogP contribution in [-0.4, -0.2) is 48.6 Å². The van der Waals surface area contributed by atoms with E-state index < -0.39 is 17.7 Å². The van der Waals surface area contributed by atoms with Gasteiger partial charge in [0.25, 0.3) is 11.7 Å². The average Bonchev–Trinajstić information content (AvgIpc) is 3.13. The van der Waals surface area contributed by atoms with Crippen molar-refractivity contribution in [2.24, 2.45) is 0 Å². The maximum atomic E-state index is 13.2. The van der Waals surface area contributed by atoms with Gasteiger partial charge in [-0.3, -0.25) is 9.59 Å². The van der Waals surface area contributed by atoms with E-state index in [9.17, 15) is 14.7 Å². The summed E-state index contributed by atoms with van der Waals surface area (Å²) in [6.07, 6.45) is 0. The summed E-state index contributed by atoms with van der Waals surface area (Å²) in [6.45, 7) is 2.74. The number of likely N-dealkylation sites (tertiary alicyclic amines) is 1. The number of hydrogen-bond acceptors (Lipinski definition) is 6. The molecule has 0 aliphatic carbocycles. The summed E-state index contributed by atoms with van der Waals surface area (Å²) >= 11 is 0. The summed E-state index contributed by atoms with van der Waals surface area (Å²) in [5.74, 6) is 0.0584. The highest BCUT2D eigenvalue weighted by molar-refractivity contribution is 6.46. The fraction of sp³-hybridized carbons (Fsp3) is 0.214. The third kappa shape index (κ3) is 5.20. The molecule has 1 N–H and O–H groups in total. The van der Waals surface area contributed by atoms with Gasteiger partial charge in [0.2, 0.25) is 0 Å². The van der Waals surface area contributed by atoms with Crippen LogP contribution in [0.5, 0.6) is 17.2 Å². The summed E-state index contributed by atoms with van der Waals surface area (Å²) in [5, 5.41) is 11.2. The molecule has 0 radical (unpaired) electrons. The number of carbonyl (C=O) groups is 2. The smallest absolute Gasteiger partial charge is 0.295 e. The Morgan fingerprint density at radius 2 is 1.63 bits per heavy atom. The van der Waals surface area contributed by atoms with Crippen LogP contribution in [0.15, 0.2) is 84.4 Å². The lowest BCUT2D eigenvalue weighted by Crippen LogP contribution is -2.32. The first-order valence-corrected chi connectivity index (χ1v) is 11.4. The van der Waals surface area contributed by atoms with Crippen molar-refractivity contribution in [3.8, 4) is 17.2 Å². The summed E-state index contributed by atoms with van der Waals surface area (Å²) < 4.78 is 16.7. The Balaban J connectivity index is 1.79. The van der Waals surface area contributed by atoms with Crippen molar-refractivity contribution in [2.75, 3.05) is 26.9 Å². The molecule has 0 aromatic heterocycles. The predicted molar refractivity (Wildman–Crippen MR) is 131 cm³/mol. The quantitative estimate of drug-likeness (QED) is 0.269. The molecule has 0 spiro atoms. The van der Waals surface area contributed by atoms with Crippen LogP contribution < -0.4 is 9.47 Å². The van der Waals surface area contributed by atoms with Gasteiger partial charge in [0, 0.05) is 19.2 Å². The number of hydrogen-bond donors (Lipinski definition) is 1. The van der Waals surface area contributed by atoms with Crippen molar-refractivity contribution in [1.82, 2.24) is 4.90 Å². The van der Waals surface area contributed by atoms with E-state index in [0.717, 1.165) is 0 Å². The summed E-state index contributed by atoms with van der Waals surface area (Å²) in [7, 11) is 1.53. The van der Waals surface area contributed by atoms with Gasteiger partial charge in [0.1, 0.15) is 23.0 Å². The Labute approximate surface area is 204 Å². The number of amides is 1. The number of carbonyl (C=O) groups excluding carboxylic acids is 2. The number of ketones is 1. The first kappa shape index (κ1) is 24.0. The Bertz CT molecular complexity index is 1240. The monoisotopic (exact) mass is 473 g/mol. The van der Waals surface area contributed by atoms with Gasteiger partial charge < -0.3 is 24.2 Å². The molecule has 1 fully saturated rings. The van der Waals surface area contributed by atoms with E-state index in [1.54, 1.807) is 48.5 Å². The van der Waals surface area contributed by atoms with Gasteiger partial charge in [-0.05, 0) is 48.9 Å². The van der Waals surface area contributed by atoms with Crippen LogP contribution in [-0.2, 0) is 14.3 Å². The Morgan fingerprint density at radius 1 is 0.914 bits per heavy atom. The summed E-state index contributed by atoms with van der Waals surface area (Å²) in [4.78, 5) is 27.6. The number of nitrogens with zero attached hydrogens (tertiary/aromatic N) is 1. The van der Waals surface area contributed by atoms with Crippen LogP contribution in [0, 0.1) is 0 Å². The lowest BCUT2D eigenvalue weighted by atomic mass is 9.95. The number of rotatable bonds is 9. The molecule has 3 aromatic rings. The van der Waals surface area contributed by atoms with Crippen molar-refractivity contribution >= 4 is 17.4 Å². The van der Waals surface area contributed by atoms with E-state index in [2.05, 4.69) is 0 Å². The van der Waals surface area contributed by atoms with E-state index in [1.165, 1.54) is 12.0 Å². The third-order valence-electron chi connectivity index (χ3n) is 5.65. The number of benzene rings is 3. The number of aliphatic hydroxyl groups is 1. The van der Waals surface area contributed by atoms with Gasteiger partial charge in [-0.2, -0.15) is 0 Å². The first-order chi connectivity index (χ1) is 17.0.